The summed E-state index contributed by atoms with van der Waals surface area (Å²) >= 11 is 0. The molecule has 0 unspecified atom stereocenters. The first kappa shape index (κ1) is 16.0. The fraction of sp³-hybridized carbons (Fsp3) is 0.467. The molecule has 110 valence electrons. The Morgan fingerprint density at radius 3 is 2.30 bits per heavy atom. The molecule has 1 aromatic rings. The average Bonchev–Trinajstić information content (AvgIpc) is 2.34. The summed E-state index contributed by atoms with van der Waals surface area (Å²) in [7, 11) is 1.21. The van der Waals surface area contributed by atoms with Gasteiger partial charge in [-0.25, -0.2) is 0 Å². The lowest BCUT2D eigenvalue weighted by molar-refractivity contribution is -0.168. The van der Waals surface area contributed by atoms with E-state index >= 15 is 0 Å². The third-order valence-corrected chi connectivity index (χ3v) is 2.59. The number of carbonyl (C=O) groups excluding carboxylic acids is 2. The van der Waals surface area contributed by atoms with Gasteiger partial charge in [0.15, 0.2) is 5.92 Å². The van der Waals surface area contributed by atoms with Crippen LogP contribution in [0.1, 0.15) is 26.3 Å². The van der Waals surface area contributed by atoms with Crippen LogP contribution in [0.15, 0.2) is 24.3 Å². The fourth-order valence-corrected chi connectivity index (χ4v) is 1.68. The number of hydrogen-bond donors (Lipinski definition) is 1. The smallest absolute Gasteiger partial charge is 0.321 e. The largest absolute Gasteiger partial charge is 0.508 e. The monoisotopic (exact) mass is 280 g/mol. The second kappa shape index (κ2) is 6.41. The fourth-order valence-electron chi connectivity index (χ4n) is 1.68. The van der Waals surface area contributed by atoms with E-state index in [4.69, 9.17) is 4.74 Å². The third kappa shape index (κ3) is 4.57. The van der Waals surface area contributed by atoms with Crippen LogP contribution in [0.3, 0.4) is 0 Å². The van der Waals surface area contributed by atoms with Crippen LogP contribution in [-0.2, 0) is 25.5 Å². The van der Waals surface area contributed by atoms with Gasteiger partial charge in [-0.1, -0.05) is 18.2 Å². The van der Waals surface area contributed by atoms with Crippen molar-refractivity contribution >= 4 is 11.9 Å². The van der Waals surface area contributed by atoms with E-state index in [1.54, 1.807) is 39.0 Å². The summed E-state index contributed by atoms with van der Waals surface area (Å²) in [6.45, 7) is 5.16. The maximum Gasteiger partial charge on any atom is 0.321 e. The molecule has 1 N–H and O–H groups in total. The zero-order valence-electron chi connectivity index (χ0n) is 12.2. The molecule has 0 radical (unpaired) electrons. The third-order valence-electron chi connectivity index (χ3n) is 2.59. The second-order valence-corrected chi connectivity index (χ2v) is 5.44. The van der Waals surface area contributed by atoms with E-state index in [0.29, 0.717) is 5.56 Å². The van der Waals surface area contributed by atoms with Gasteiger partial charge in [-0.15, -0.1) is 0 Å². The van der Waals surface area contributed by atoms with Gasteiger partial charge in [0.25, 0.3) is 0 Å². The minimum absolute atomic E-state index is 0.0324. The van der Waals surface area contributed by atoms with Crippen LogP contribution in [0.4, 0.5) is 0 Å². The zero-order chi connectivity index (χ0) is 15.3. The Labute approximate surface area is 118 Å². The number of ether oxygens (including phenoxy) is 2. The van der Waals surface area contributed by atoms with Crippen molar-refractivity contribution in [1.82, 2.24) is 0 Å². The number of esters is 2. The second-order valence-electron chi connectivity index (χ2n) is 5.44. The Morgan fingerprint density at radius 1 is 1.20 bits per heavy atom. The minimum atomic E-state index is -1.09. The number of aromatic hydroxyl groups is 1. The van der Waals surface area contributed by atoms with Crippen molar-refractivity contribution < 1.29 is 24.2 Å². The first-order valence-corrected chi connectivity index (χ1v) is 6.32. The highest BCUT2D eigenvalue weighted by Crippen LogP contribution is 2.22. The highest BCUT2D eigenvalue weighted by molar-refractivity contribution is 5.95. The Hall–Kier alpha value is -2.04. The van der Waals surface area contributed by atoms with Crippen molar-refractivity contribution in [3.8, 4) is 5.75 Å². The van der Waals surface area contributed by atoms with Crippen molar-refractivity contribution in [2.75, 3.05) is 7.11 Å². The molecule has 5 heteroatoms. The topological polar surface area (TPSA) is 72.8 Å². The van der Waals surface area contributed by atoms with Crippen LogP contribution < -0.4 is 0 Å². The Kier molecular flexibility index (Phi) is 5.13. The normalized spacial score (nSPS) is 12.6. The molecular formula is C15H20O5. The van der Waals surface area contributed by atoms with Crippen LogP contribution in [0.25, 0.3) is 0 Å². The van der Waals surface area contributed by atoms with Crippen molar-refractivity contribution in [2.24, 2.45) is 5.92 Å². The number of carbonyl (C=O) groups is 2. The molecule has 1 aromatic carbocycles. The van der Waals surface area contributed by atoms with E-state index in [1.165, 1.54) is 13.2 Å². The standard InChI is InChI=1S/C15H20O5/c1-15(2,3)20-14(18)11(13(17)19-4)9-10-7-5-6-8-12(10)16/h5-8,11,16H,9H2,1-4H3/t11-/m0/s1. The first-order chi connectivity index (χ1) is 9.24. The van der Waals surface area contributed by atoms with Crippen LogP contribution >= 0.6 is 0 Å². The van der Waals surface area contributed by atoms with E-state index in [1.807, 2.05) is 0 Å². The molecule has 0 spiro atoms. The highest BCUT2D eigenvalue weighted by atomic mass is 16.6. The van der Waals surface area contributed by atoms with E-state index in [0.717, 1.165) is 0 Å². The van der Waals surface area contributed by atoms with Gasteiger partial charge in [-0.05, 0) is 38.8 Å². The van der Waals surface area contributed by atoms with Crippen LogP contribution in [0.2, 0.25) is 0 Å². The summed E-state index contributed by atoms with van der Waals surface area (Å²) in [5.74, 6) is -2.40. The van der Waals surface area contributed by atoms with E-state index < -0.39 is 23.5 Å². The van der Waals surface area contributed by atoms with E-state index in [9.17, 15) is 14.7 Å². The molecule has 0 bridgehead atoms. The van der Waals surface area contributed by atoms with Gasteiger partial charge in [0.05, 0.1) is 7.11 Å². The molecule has 5 nitrogen and oxygen atoms in total. The zero-order valence-corrected chi connectivity index (χ0v) is 12.2. The first-order valence-electron chi connectivity index (χ1n) is 6.32. The Bertz CT molecular complexity index is 487. The lowest BCUT2D eigenvalue weighted by atomic mass is 9.98. The van der Waals surface area contributed by atoms with Gasteiger partial charge in [0.1, 0.15) is 11.4 Å². The average molecular weight is 280 g/mol. The van der Waals surface area contributed by atoms with Crippen LogP contribution in [0, 0.1) is 5.92 Å². The number of rotatable bonds is 4. The molecule has 1 rings (SSSR count). The van der Waals surface area contributed by atoms with Crippen molar-refractivity contribution in [1.29, 1.82) is 0 Å². The van der Waals surface area contributed by atoms with Gasteiger partial charge in [0.2, 0.25) is 0 Å². The molecule has 0 aliphatic carbocycles. The quantitative estimate of drug-likeness (QED) is 0.675. The van der Waals surface area contributed by atoms with Crippen LogP contribution in [-0.4, -0.2) is 29.8 Å². The molecular weight excluding hydrogens is 260 g/mol. The predicted molar refractivity (Wildman–Crippen MR) is 73.2 cm³/mol. The number of para-hydroxylation sites is 1. The molecule has 0 saturated heterocycles. The van der Waals surface area contributed by atoms with Crippen molar-refractivity contribution in [3.63, 3.8) is 0 Å². The summed E-state index contributed by atoms with van der Waals surface area (Å²) in [4.78, 5) is 23.8. The van der Waals surface area contributed by atoms with Crippen molar-refractivity contribution in [3.05, 3.63) is 29.8 Å². The molecule has 0 heterocycles. The summed E-state index contributed by atoms with van der Waals surface area (Å²) in [5.41, 5.74) is -0.198. The van der Waals surface area contributed by atoms with Crippen LogP contribution in [0.5, 0.6) is 5.75 Å². The van der Waals surface area contributed by atoms with Gasteiger partial charge in [0, 0.05) is 0 Å². The van der Waals surface area contributed by atoms with Gasteiger partial charge in [-0.2, -0.15) is 0 Å². The van der Waals surface area contributed by atoms with Crippen molar-refractivity contribution in [2.45, 2.75) is 32.8 Å². The maximum absolute atomic E-state index is 12.1. The molecule has 0 amide bonds. The Morgan fingerprint density at radius 2 is 1.80 bits per heavy atom. The molecule has 0 aliphatic heterocycles. The lowest BCUT2D eigenvalue weighted by Crippen LogP contribution is -2.34. The Balaban J connectivity index is 2.94. The SMILES string of the molecule is COC(=O)[C@H](Cc1ccccc1O)C(=O)OC(C)(C)C. The summed E-state index contributed by atoms with van der Waals surface area (Å²) in [6, 6.07) is 6.53. The van der Waals surface area contributed by atoms with Gasteiger partial charge >= 0.3 is 11.9 Å². The highest BCUT2D eigenvalue weighted by Gasteiger charge is 2.32. The molecule has 20 heavy (non-hydrogen) atoms. The van der Waals surface area contributed by atoms with Gasteiger partial charge in [-0.3, -0.25) is 9.59 Å². The van der Waals surface area contributed by atoms with Gasteiger partial charge < -0.3 is 14.6 Å². The number of phenols is 1. The number of phenolic OH excluding ortho intramolecular Hbond substituents is 1. The van der Waals surface area contributed by atoms with E-state index in [2.05, 4.69) is 4.74 Å². The number of methoxy groups -OCH3 is 1. The molecule has 1 atom stereocenters. The molecule has 0 aromatic heterocycles. The molecule has 0 saturated carbocycles. The molecule has 0 fully saturated rings. The predicted octanol–water partition coefficient (Wildman–Crippen LogP) is 2.07. The minimum Gasteiger partial charge on any atom is -0.508 e. The summed E-state index contributed by atoms with van der Waals surface area (Å²) in [6.07, 6.45) is 0.0360. The maximum atomic E-state index is 12.1. The lowest BCUT2D eigenvalue weighted by Gasteiger charge is -2.23. The number of benzene rings is 1. The summed E-state index contributed by atoms with van der Waals surface area (Å²) in [5, 5.41) is 9.72. The number of hydrogen-bond acceptors (Lipinski definition) is 5. The summed E-state index contributed by atoms with van der Waals surface area (Å²) < 4.78 is 9.85. The molecule has 0 aliphatic rings. The van der Waals surface area contributed by atoms with E-state index in [-0.39, 0.29) is 12.2 Å².